The van der Waals surface area contributed by atoms with E-state index < -0.39 is 5.97 Å². The van der Waals surface area contributed by atoms with E-state index in [1.54, 1.807) is 12.1 Å². The van der Waals surface area contributed by atoms with E-state index in [4.69, 9.17) is 14.2 Å². The third kappa shape index (κ3) is 2.56. The molecule has 5 heteroatoms. The van der Waals surface area contributed by atoms with Crippen LogP contribution in [-0.2, 0) is 9.53 Å². The summed E-state index contributed by atoms with van der Waals surface area (Å²) in [5.41, 5.74) is 0.771. The van der Waals surface area contributed by atoms with Crippen molar-refractivity contribution in [2.75, 3.05) is 28.4 Å². The smallest absolute Gasteiger partial charge is 0.337 e. The SMILES string of the molecule is C=C(C(=O)OC)c1cc(OC)c(OC)c(OC)c1. The number of methoxy groups -OCH3 is 4. The second-order valence-electron chi connectivity index (χ2n) is 3.38. The van der Waals surface area contributed by atoms with Crippen molar-refractivity contribution in [1.29, 1.82) is 0 Å². The van der Waals surface area contributed by atoms with Crippen molar-refractivity contribution in [3.05, 3.63) is 24.3 Å². The number of benzene rings is 1. The first-order valence-corrected chi connectivity index (χ1v) is 5.16. The van der Waals surface area contributed by atoms with Crippen LogP contribution in [0.4, 0.5) is 0 Å². The Morgan fingerprint density at radius 2 is 1.50 bits per heavy atom. The van der Waals surface area contributed by atoms with E-state index in [0.29, 0.717) is 22.8 Å². The van der Waals surface area contributed by atoms with Gasteiger partial charge in [0.05, 0.1) is 34.0 Å². The molecule has 0 unspecified atom stereocenters. The summed E-state index contributed by atoms with van der Waals surface area (Å²) in [4.78, 5) is 11.4. The fraction of sp³-hybridized carbons (Fsp3) is 0.308. The Morgan fingerprint density at radius 1 is 1.00 bits per heavy atom. The van der Waals surface area contributed by atoms with Crippen LogP contribution < -0.4 is 14.2 Å². The quantitative estimate of drug-likeness (QED) is 0.591. The van der Waals surface area contributed by atoms with Gasteiger partial charge in [-0.3, -0.25) is 0 Å². The number of hydrogen-bond acceptors (Lipinski definition) is 5. The van der Waals surface area contributed by atoms with Crippen LogP contribution in [0.15, 0.2) is 18.7 Å². The molecule has 0 amide bonds. The maximum absolute atomic E-state index is 11.4. The Hall–Kier alpha value is -2.17. The van der Waals surface area contributed by atoms with Crippen LogP contribution in [-0.4, -0.2) is 34.4 Å². The van der Waals surface area contributed by atoms with Gasteiger partial charge < -0.3 is 18.9 Å². The molecule has 0 N–H and O–H groups in total. The van der Waals surface area contributed by atoms with E-state index in [1.807, 2.05) is 0 Å². The van der Waals surface area contributed by atoms with Crippen LogP contribution in [0.2, 0.25) is 0 Å². The number of ether oxygens (including phenoxy) is 4. The Bertz CT molecular complexity index is 439. The first kappa shape index (κ1) is 13.9. The van der Waals surface area contributed by atoms with Crippen molar-refractivity contribution in [2.24, 2.45) is 0 Å². The average molecular weight is 252 g/mol. The molecule has 0 bridgehead atoms. The zero-order valence-corrected chi connectivity index (χ0v) is 10.9. The number of carbonyl (C=O) groups is 1. The van der Waals surface area contributed by atoms with E-state index in [2.05, 4.69) is 11.3 Å². The van der Waals surface area contributed by atoms with E-state index in [0.717, 1.165) is 0 Å². The Labute approximate surface area is 106 Å². The largest absolute Gasteiger partial charge is 0.493 e. The average Bonchev–Trinajstić information content (AvgIpc) is 2.43. The molecule has 0 fully saturated rings. The fourth-order valence-corrected chi connectivity index (χ4v) is 1.50. The standard InChI is InChI=1S/C13H16O5/c1-8(13(14)18-5)9-6-10(15-2)12(17-4)11(7-9)16-3/h6-7H,1H2,2-5H3. The second-order valence-corrected chi connectivity index (χ2v) is 3.38. The maximum Gasteiger partial charge on any atom is 0.337 e. The summed E-state index contributed by atoms with van der Waals surface area (Å²) in [6, 6.07) is 3.28. The molecule has 0 heterocycles. The Kier molecular flexibility index (Phi) is 4.59. The highest BCUT2D eigenvalue weighted by atomic mass is 16.5. The van der Waals surface area contributed by atoms with Crippen molar-refractivity contribution in [3.8, 4) is 17.2 Å². The van der Waals surface area contributed by atoms with E-state index in [-0.39, 0.29) is 5.57 Å². The Morgan fingerprint density at radius 3 is 1.83 bits per heavy atom. The molecule has 0 saturated heterocycles. The van der Waals surface area contributed by atoms with Gasteiger partial charge in [-0.05, 0) is 17.7 Å². The molecule has 0 saturated carbocycles. The summed E-state index contributed by atoms with van der Waals surface area (Å²) in [5, 5.41) is 0. The van der Waals surface area contributed by atoms with Crippen molar-refractivity contribution in [1.82, 2.24) is 0 Å². The molecule has 18 heavy (non-hydrogen) atoms. The van der Waals surface area contributed by atoms with Gasteiger partial charge in [0.15, 0.2) is 11.5 Å². The highest BCUT2D eigenvalue weighted by Gasteiger charge is 2.17. The molecule has 0 aliphatic carbocycles. The van der Waals surface area contributed by atoms with E-state index >= 15 is 0 Å². The monoisotopic (exact) mass is 252 g/mol. The normalized spacial score (nSPS) is 9.56. The molecule has 0 radical (unpaired) electrons. The fourth-order valence-electron chi connectivity index (χ4n) is 1.50. The molecule has 5 nitrogen and oxygen atoms in total. The summed E-state index contributed by atoms with van der Waals surface area (Å²) in [6.07, 6.45) is 0. The molecule has 0 aliphatic rings. The van der Waals surface area contributed by atoms with Crippen LogP contribution in [0.3, 0.4) is 0 Å². The lowest BCUT2D eigenvalue weighted by molar-refractivity contribution is -0.133. The minimum absolute atomic E-state index is 0.219. The van der Waals surface area contributed by atoms with Gasteiger partial charge in [0.1, 0.15) is 0 Å². The number of esters is 1. The third-order valence-electron chi connectivity index (χ3n) is 2.44. The van der Waals surface area contributed by atoms with Gasteiger partial charge in [-0.2, -0.15) is 0 Å². The number of carbonyl (C=O) groups excluding carboxylic acids is 1. The second kappa shape index (κ2) is 5.95. The molecule has 98 valence electrons. The summed E-state index contributed by atoms with van der Waals surface area (Å²) in [7, 11) is 5.81. The molecule has 0 spiro atoms. The molecule has 0 atom stereocenters. The zero-order valence-electron chi connectivity index (χ0n) is 10.9. The zero-order chi connectivity index (χ0) is 13.7. The molecule has 1 aromatic rings. The summed E-state index contributed by atoms with van der Waals surface area (Å²) in [6.45, 7) is 3.68. The van der Waals surface area contributed by atoms with Crippen LogP contribution >= 0.6 is 0 Å². The molecule has 0 aromatic heterocycles. The Balaban J connectivity index is 3.31. The summed E-state index contributed by atoms with van der Waals surface area (Å²) >= 11 is 0. The molecular weight excluding hydrogens is 236 g/mol. The van der Waals surface area contributed by atoms with Gasteiger partial charge in [0, 0.05) is 0 Å². The number of rotatable bonds is 5. The topological polar surface area (TPSA) is 54.0 Å². The first-order chi connectivity index (χ1) is 8.58. The van der Waals surface area contributed by atoms with E-state index in [1.165, 1.54) is 28.4 Å². The van der Waals surface area contributed by atoms with Gasteiger partial charge in [-0.25, -0.2) is 4.79 Å². The lowest BCUT2D eigenvalue weighted by atomic mass is 10.1. The lowest BCUT2D eigenvalue weighted by Gasteiger charge is -2.14. The van der Waals surface area contributed by atoms with Gasteiger partial charge in [0.25, 0.3) is 0 Å². The minimum atomic E-state index is -0.510. The third-order valence-corrected chi connectivity index (χ3v) is 2.44. The summed E-state index contributed by atoms with van der Waals surface area (Å²) < 4.78 is 20.2. The highest BCUT2D eigenvalue weighted by molar-refractivity contribution is 6.15. The molecule has 1 rings (SSSR count). The first-order valence-electron chi connectivity index (χ1n) is 5.16. The van der Waals surface area contributed by atoms with Crippen molar-refractivity contribution in [3.63, 3.8) is 0 Å². The van der Waals surface area contributed by atoms with Crippen LogP contribution in [0.1, 0.15) is 5.56 Å². The van der Waals surface area contributed by atoms with Crippen LogP contribution in [0, 0.1) is 0 Å². The predicted molar refractivity (Wildman–Crippen MR) is 67.1 cm³/mol. The van der Waals surface area contributed by atoms with Crippen LogP contribution in [0.25, 0.3) is 5.57 Å². The lowest BCUT2D eigenvalue weighted by Crippen LogP contribution is -2.04. The van der Waals surface area contributed by atoms with Crippen LogP contribution in [0.5, 0.6) is 17.2 Å². The number of hydrogen-bond donors (Lipinski definition) is 0. The summed E-state index contributed by atoms with van der Waals surface area (Å²) in [5.74, 6) is 0.861. The van der Waals surface area contributed by atoms with Gasteiger partial charge in [0.2, 0.25) is 5.75 Å². The van der Waals surface area contributed by atoms with Crippen molar-refractivity contribution >= 4 is 11.5 Å². The van der Waals surface area contributed by atoms with Gasteiger partial charge in [-0.1, -0.05) is 6.58 Å². The minimum Gasteiger partial charge on any atom is -0.493 e. The van der Waals surface area contributed by atoms with Crippen molar-refractivity contribution < 1.29 is 23.7 Å². The van der Waals surface area contributed by atoms with Gasteiger partial charge in [-0.15, -0.1) is 0 Å². The molecule has 0 aliphatic heterocycles. The highest BCUT2D eigenvalue weighted by Crippen LogP contribution is 2.39. The van der Waals surface area contributed by atoms with E-state index in [9.17, 15) is 4.79 Å². The molecular formula is C13H16O5. The molecule has 1 aromatic carbocycles. The maximum atomic E-state index is 11.4. The predicted octanol–water partition coefficient (Wildman–Crippen LogP) is 1.90. The van der Waals surface area contributed by atoms with Gasteiger partial charge >= 0.3 is 5.97 Å². The van der Waals surface area contributed by atoms with Crippen molar-refractivity contribution in [2.45, 2.75) is 0 Å².